The summed E-state index contributed by atoms with van der Waals surface area (Å²) in [5.41, 5.74) is 0.685. The summed E-state index contributed by atoms with van der Waals surface area (Å²) in [5.74, 6) is 0.0412. The number of hydrogen-bond acceptors (Lipinski definition) is 10. The number of aromatic nitrogens is 5. The number of ether oxygens (including phenoxy) is 1. The molecule has 0 aliphatic rings. The minimum atomic E-state index is -3.92. The number of carbonyl (C=O) groups excluding carboxylic acids is 1. The lowest BCUT2D eigenvalue weighted by Crippen LogP contribution is -2.25. The molecule has 1 N–H and O–H groups in total. The number of amides is 1. The summed E-state index contributed by atoms with van der Waals surface area (Å²) in [6.45, 7) is 11.3. The fourth-order valence-corrected chi connectivity index (χ4v) is 5.48. The lowest BCUT2D eigenvalue weighted by molar-refractivity contribution is -0.00758. The van der Waals surface area contributed by atoms with E-state index < -0.39 is 24.9 Å². The zero-order valence-corrected chi connectivity index (χ0v) is 25.8. The van der Waals surface area contributed by atoms with Crippen LogP contribution in [-0.2, 0) is 36.1 Å². The molecule has 0 radical (unpaired) electrons. The van der Waals surface area contributed by atoms with Crippen LogP contribution in [0, 0.1) is 0 Å². The SMILES string of the molecule is COCCn1cc(NC(=O)c2ccc(-c3cnn(COP(=O)(OC(C)(C)C)OC(C)(C)C)c3)o2)c(-c2ccccn2)n1. The highest BCUT2D eigenvalue weighted by Crippen LogP contribution is 2.55. The Balaban J connectivity index is 1.46. The quantitative estimate of drug-likeness (QED) is 0.192. The van der Waals surface area contributed by atoms with Crippen molar-refractivity contribution in [1.82, 2.24) is 24.5 Å². The third-order valence-corrected chi connectivity index (χ3v) is 7.28. The number of furan rings is 1. The summed E-state index contributed by atoms with van der Waals surface area (Å²) in [6, 6.07) is 8.70. The number of pyridine rings is 1. The smallest absolute Gasteiger partial charge is 0.451 e. The molecule has 13 nitrogen and oxygen atoms in total. The Labute approximate surface area is 244 Å². The van der Waals surface area contributed by atoms with Crippen LogP contribution in [0.15, 0.2) is 59.5 Å². The van der Waals surface area contributed by atoms with Gasteiger partial charge in [0.15, 0.2) is 12.5 Å². The molecule has 0 aliphatic carbocycles. The van der Waals surface area contributed by atoms with Crippen molar-refractivity contribution in [1.29, 1.82) is 0 Å². The van der Waals surface area contributed by atoms with Gasteiger partial charge in [-0.15, -0.1) is 0 Å². The average Bonchev–Trinajstić information content (AvgIpc) is 3.64. The van der Waals surface area contributed by atoms with E-state index >= 15 is 0 Å². The Morgan fingerprint density at radius 1 is 1.02 bits per heavy atom. The van der Waals surface area contributed by atoms with Gasteiger partial charge in [-0.2, -0.15) is 10.2 Å². The molecule has 0 bridgehead atoms. The minimum Gasteiger partial charge on any atom is -0.451 e. The van der Waals surface area contributed by atoms with E-state index in [9.17, 15) is 9.36 Å². The third kappa shape index (κ3) is 8.70. The van der Waals surface area contributed by atoms with Crippen molar-refractivity contribution < 1.29 is 32.1 Å². The number of nitrogens with one attached hydrogen (secondary N) is 1. The van der Waals surface area contributed by atoms with Gasteiger partial charge in [-0.3, -0.25) is 28.0 Å². The molecule has 0 atom stereocenters. The number of phosphoric ester groups is 1. The first kappa shape index (κ1) is 31.3. The molecule has 0 aromatic carbocycles. The van der Waals surface area contributed by atoms with Gasteiger partial charge >= 0.3 is 7.82 Å². The van der Waals surface area contributed by atoms with Gasteiger partial charge < -0.3 is 14.5 Å². The molecule has 0 saturated heterocycles. The largest absolute Gasteiger partial charge is 0.477 e. The van der Waals surface area contributed by atoms with E-state index in [4.69, 9.17) is 22.7 Å². The monoisotopic (exact) mass is 600 g/mol. The molecule has 0 saturated carbocycles. The van der Waals surface area contributed by atoms with Crippen LogP contribution in [0.2, 0.25) is 0 Å². The molecule has 0 fully saturated rings. The van der Waals surface area contributed by atoms with Gasteiger partial charge in [0.1, 0.15) is 11.5 Å². The van der Waals surface area contributed by atoms with Crippen LogP contribution in [0.25, 0.3) is 22.7 Å². The molecule has 1 amide bonds. The van der Waals surface area contributed by atoms with Crippen molar-refractivity contribution in [3.8, 4) is 22.7 Å². The Hall–Kier alpha value is -3.61. The van der Waals surface area contributed by atoms with E-state index in [0.717, 1.165) is 0 Å². The second kappa shape index (κ2) is 12.7. The number of anilines is 1. The number of carbonyl (C=O) groups is 1. The van der Waals surface area contributed by atoms with E-state index in [2.05, 4.69) is 20.5 Å². The van der Waals surface area contributed by atoms with E-state index in [1.807, 2.05) is 12.1 Å². The maximum absolute atomic E-state index is 13.3. The molecular formula is C28H37N6O7P. The zero-order chi connectivity index (χ0) is 30.5. The van der Waals surface area contributed by atoms with E-state index in [0.29, 0.717) is 41.6 Å². The van der Waals surface area contributed by atoms with Crippen LogP contribution in [0.4, 0.5) is 5.69 Å². The lowest BCUT2D eigenvalue weighted by atomic mass is 10.2. The minimum absolute atomic E-state index is 0.0901. The van der Waals surface area contributed by atoms with Crippen molar-refractivity contribution in [2.75, 3.05) is 19.0 Å². The first-order valence-electron chi connectivity index (χ1n) is 13.3. The molecule has 0 unspecified atom stereocenters. The van der Waals surface area contributed by atoms with Gasteiger partial charge in [0.25, 0.3) is 5.91 Å². The van der Waals surface area contributed by atoms with E-state index in [-0.39, 0.29) is 12.5 Å². The van der Waals surface area contributed by atoms with Crippen molar-refractivity contribution in [3.05, 3.63) is 60.9 Å². The van der Waals surface area contributed by atoms with Gasteiger partial charge in [-0.1, -0.05) is 6.07 Å². The highest BCUT2D eigenvalue weighted by Gasteiger charge is 2.37. The van der Waals surface area contributed by atoms with Gasteiger partial charge in [-0.25, -0.2) is 9.25 Å². The highest BCUT2D eigenvalue weighted by molar-refractivity contribution is 7.48. The van der Waals surface area contributed by atoms with Crippen molar-refractivity contribution in [3.63, 3.8) is 0 Å². The summed E-state index contributed by atoms with van der Waals surface area (Å²) in [6.07, 6.45) is 6.56. The van der Waals surface area contributed by atoms with Crippen LogP contribution in [0.3, 0.4) is 0 Å². The molecule has 226 valence electrons. The van der Waals surface area contributed by atoms with Crippen LogP contribution in [-0.4, -0.2) is 55.4 Å². The number of hydrogen-bond donors (Lipinski definition) is 1. The van der Waals surface area contributed by atoms with Crippen LogP contribution < -0.4 is 5.32 Å². The number of methoxy groups -OCH3 is 1. The lowest BCUT2D eigenvalue weighted by Gasteiger charge is -2.30. The van der Waals surface area contributed by atoms with Gasteiger partial charge in [0.2, 0.25) is 0 Å². The van der Waals surface area contributed by atoms with Crippen LogP contribution in [0.1, 0.15) is 52.1 Å². The molecule has 42 heavy (non-hydrogen) atoms. The van der Waals surface area contributed by atoms with Crippen molar-refractivity contribution in [2.24, 2.45) is 0 Å². The first-order valence-corrected chi connectivity index (χ1v) is 14.8. The Morgan fingerprint density at radius 2 is 1.76 bits per heavy atom. The van der Waals surface area contributed by atoms with E-state index in [1.54, 1.807) is 96.3 Å². The van der Waals surface area contributed by atoms with Gasteiger partial charge in [0.05, 0.1) is 47.5 Å². The summed E-state index contributed by atoms with van der Waals surface area (Å²) in [7, 11) is -2.31. The summed E-state index contributed by atoms with van der Waals surface area (Å²) >= 11 is 0. The maximum Gasteiger partial charge on any atom is 0.477 e. The van der Waals surface area contributed by atoms with Crippen LogP contribution in [0.5, 0.6) is 0 Å². The average molecular weight is 601 g/mol. The van der Waals surface area contributed by atoms with Gasteiger partial charge in [0, 0.05) is 25.7 Å². The second-order valence-electron chi connectivity index (χ2n) is 11.4. The zero-order valence-electron chi connectivity index (χ0n) is 24.9. The molecule has 0 aliphatic heterocycles. The molecule has 4 aromatic heterocycles. The summed E-state index contributed by atoms with van der Waals surface area (Å²) in [4.78, 5) is 17.5. The number of phosphoric acid groups is 1. The number of nitrogens with zero attached hydrogens (tertiary/aromatic N) is 5. The highest BCUT2D eigenvalue weighted by atomic mass is 31.2. The predicted molar refractivity (Wildman–Crippen MR) is 156 cm³/mol. The third-order valence-electron chi connectivity index (χ3n) is 5.31. The standard InChI is InChI=1S/C28H37N6O7P/c1-27(2,3)40-42(36,41-28(4,5)6)38-19-34-17-20(16-30-34)23-11-12-24(39-23)26(35)31-22-18-33(14-15-37-7)32-25(22)21-10-8-9-13-29-21/h8-13,16-18H,14-15,19H2,1-7H3,(H,31,35). The molecular weight excluding hydrogens is 563 g/mol. The van der Waals surface area contributed by atoms with Crippen LogP contribution >= 0.6 is 7.82 Å². The summed E-state index contributed by atoms with van der Waals surface area (Å²) in [5, 5.41) is 11.7. The fraction of sp³-hybridized carbons (Fsp3) is 0.429. The molecule has 14 heteroatoms. The number of rotatable bonds is 12. The Morgan fingerprint density at radius 3 is 2.40 bits per heavy atom. The second-order valence-corrected chi connectivity index (χ2v) is 12.9. The topological polar surface area (TPSA) is 145 Å². The fourth-order valence-electron chi connectivity index (χ4n) is 3.74. The Bertz CT molecular complexity index is 1510. The van der Waals surface area contributed by atoms with Crippen molar-refractivity contribution >= 4 is 19.4 Å². The Kier molecular flexibility index (Phi) is 9.49. The van der Waals surface area contributed by atoms with Crippen molar-refractivity contribution in [2.45, 2.75) is 66.0 Å². The predicted octanol–water partition coefficient (Wildman–Crippen LogP) is 6.01. The molecule has 4 rings (SSSR count). The van der Waals surface area contributed by atoms with Gasteiger partial charge in [-0.05, 0) is 65.8 Å². The summed E-state index contributed by atoms with van der Waals surface area (Å²) < 4.78 is 44.3. The molecule has 4 heterocycles. The first-order chi connectivity index (χ1) is 19.7. The molecule has 4 aromatic rings. The molecule has 0 spiro atoms. The normalized spacial score (nSPS) is 12.5. The van der Waals surface area contributed by atoms with E-state index in [1.165, 1.54) is 4.68 Å². The maximum atomic E-state index is 13.3.